The Labute approximate surface area is 334 Å². The second kappa shape index (κ2) is 13.8. The zero-order chi connectivity index (χ0) is 37.7. The van der Waals surface area contributed by atoms with Crippen LogP contribution in [0.2, 0.25) is 0 Å². The molecule has 11 rings (SSSR count). The average Bonchev–Trinajstić information content (AvgIpc) is 3.89. The number of fused-ring (bicyclic) bond motifs is 6. The van der Waals surface area contributed by atoms with Crippen LogP contribution in [-0.4, -0.2) is 4.98 Å². The SMILES string of the molecule is c1ccc(-c2ccc(-c3nc4c(ccc5oc6cc(N(c7ccc(-c8ccc9ccccc9c8)cc7)c7cccc(-c8ccccc8)c7)ccc6c54)s3)cc2)cc1. The summed E-state index contributed by atoms with van der Waals surface area (Å²) in [5.41, 5.74) is 14.0. The van der Waals surface area contributed by atoms with Gasteiger partial charge in [-0.25, -0.2) is 4.98 Å². The lowest BCUT2D eigenvalue weighted by Gasteiger charge is -2.26. The maximum atomic E-state index is 6.65. The number of hydrogen-bond donors (Lipinski definition) is 0. The Balaban J connectivity index is 0.999. The number of nitrogens with zero attached hydrogens (tertiary/aromatic N) is 2. The van der Waals surface area contributed by atoms with Crippen LogP contribution in [0.3, 0.4) is 0 Å². The molecule has 0 N–H and O–H groups in total. The summed E-state index contributed by atoms with van der Waals surface area (Å²) >= 11 is 1.72. The first-order chi connectivity index (χ1) is 28.2. The maximum Gasteiger partial charge on any atom is 0.137 e. The van der Waals surface area contributed by atoms with Gasteiger partial charge in [0.05, 0.1) is 15.6 Å². The normalized spacial score (nSPS) is 11.5. The lowest BCUT2D eigenvalue weighted by molar-refractivity contribution is 0.669. The molecule has 0 spiro atoms. The molecular formula is C53H34N2OS. The molecule has 3 nitrogen and oxygen atoms in total. The Hall–Kier alpha value is -7.27. The van der Waals surface area contributed by atoms with Crippen LogP contribution >= 0.6 is 11.3 Å². The van der Waals surface area contributed by atoms with Crippen LogP contribution in [0, 0.1) is 0 Å². The highest BCUT2D eigenvalue weighted by atomic mass is 32.1. The van der Waals surface area contributed by atoms with E-state index in [9.17, 15) is 0 Å². The first kappa shape index (κ1) is 33.1. The van der Waals surface area contributed by atoms with E-state index in [0.29, 0.717) is 0 Å². The zero-order valence-electron chi connectivity index (χ0n) is 30.8. The summed E-state index contributed by atoms with van der Waals surface area (Å²) in [6.07, 6.45) is 0. The summed E-state index contributed by atoms with van der Waals surface area (Å²) < 4.78 is 7.79. The lowest BCUT2D eigenvalue weighted by Crippen LogP contribution is -2.10. The van der Waals surface area contributed by atoms with Crippen molar-refractivity contribution in [1.82, 2.24) is 4.98 Å². The van der Waals surface area contributed by atoms with Gasteiger partial charge < -0.3 is 9.32 Å². The molecule has 11 aromatic rings. The molecular weight excluding hydrogens is 713 g/mol. The molecule has 0 saturated carbocycles. The van der Waals surface area contributed by atoms with Gasteiger partial charge in [-0.1, -0.05) is 146 Å². The zero-order valence-corrected chi connectivity index (χ0v) is 31.7. The van der Waals surface area contributed by atoms with E-state index in [1.807, 2.05) is 6.07 Å². The Morgan fingerprint density at radius 3 is 1.75 bits per heavy atom. The molecule has 0 atom stereocenters. The summed E-state index contributed by atoms with van der Waals surface area (Å²) in [4.78, 5) is 7.54. The topological polar surface area (TPSA) is 29.3 Å². The number of rotatable bonds is 7. The van der Waals surface area contributed by atoms with Crippen molar-refractivity contribution in [2.45, 2.75) is 0 Å². The molecule has 0 fully saturated rings. The summed E-state index contributed by atoms with van der Waals surface area (Å²) in [7, 11) is 0. The lowest BCUT2D eigenvalue weighted by atomic mass is 10.0. The van der Waals surface area contributed by atoms with E-state index < -0.39 is 0 Å². The Morgan fingerprint density at radius 1 is 0.386 bits per heavy atom. The molecule has 4 heteroatoms. The van der Waals surface area contributed by atoms with Crippen molar-refractivity contribution in [2.75, 3.05) is 4.90 Å². The smallest absolute Gasteiger partial charge is 0.137 e. The van der Waals surface area contributed by atoms with Crippen LogP contribution in [0.1, 0.15) is 0 Å². The molecule has 0 aliphatic rings. The van der Waals surface area contributed by atoms with Crippen molar-refractivity contribution in [1.29, 1.82) is 0 Å². The highest BCUT2D eigenvalue weighted by Gasteiger charge is 2.19. The quantitative estimate of drug-likeness (QED) is 0.163. The number of benzene rings is 9. The third-order valence-electron chi connectivity index (χ3n) is 10.9. The molecule has 2 aromatic heterocycles. The number of anilines is 3. The fourth-order valence-electron chi connectivity index (χ4n) is 8.01. The maximum absolute atomic E-state index is 6.65. The molecule has 0 radical (unpaired) electrons. The fourth-order valence-corrected chi connectivity index (χ4v) is 8.99. The van der Waals surface area contributed by atoms with Crippen LogP contribution in [0.25, 0.3) is 86.9 Å². The number of hydrogen-bond acceptors (Lipinski definition) is 4. The first-order valence-electron chi connectivity index (χ1n) is 19.2. The molecule has 0 aliphatic heterocycles. The van der Waals surface area contributed by atoms with Crippen LogP contribution in [0.4, 0.5) is 17.1 Å². The van der Waals surface area contributed by atoms with Gasteiger partial charge in [-0.2, -0.15) is 0 Å². The van der Waals surface area contributed by atoms with Gasteiger partial charge in [0.15, 0.2) is 0 Å². The number of furan rings is 1. The molecule has 9 aromatic carbocycles. The second-order valence-electron chi connectivity index (χ2n) is 14.4. The van der Waals surface area contributed by atoms with E-state index in [-0.39, 0.29) is 0 Å². The van der Waals surface area contributed by atoms with Gasteiger partial charge >= 0.3 is 0 Å². The van der Waals surface area contributed by atoms with E-state index in [2.05, 4.69) is 205 Å². The molecule has 2 heterocycles. The second-order valence-corrected chi connectivity index (χ2v) is 15.4. The summed E-state index contributed by atoms with van der Waals surface area (Å²) in [6.45, 7) is 0. The first-order valence-corrected chi connectivity index (χ1v) is 20.0. The van der Waals surface area contributed by atoms with Gasteiger partial charge in [0.2, 0.25) is 0 Å². The largest absolute Gasteiger partial charge is 0.456 e. The van der Waals surface area contributed by atoms with E-state index in [0.717, 1.165) is 65.4 Å². The average molecular weight is 747 g/mol. The minimum absolute atomic E-state index is 0.828. The van der Waals surface area contributed by atoms with E-state index in [1.54, 1.807) is 11.3 Å². The Bertz CT molecular complexity index is 3220. The fraction of sp³-hybridized carbons (Fsp3) is 0. The van der Waals surface area contributed by atoms with Crippen molar-refractivity contribution in [3.05, 3.63) is 206 Å². The van der Waals surface area contributed by atoms with E-state index in [4.69, 9.17) is 9.40 Å². The third-order valence-corrected chi connectivity index (χ3v) is 12.0. The van der Waals surface area contributed by atoms with Crippen LogP contribution in [-0.2, 0) is 0 Å². The highest BCUT2D eigenvalue weighted by molar-refractivity contribution is 7.21. The van der Waals surface area contributed by atoms with E-state index in [1.165, 1.54) is 38.6 Å². The van der Waals surface area contributed by atoms with Crippen molar-refractivity contribution in [2.24, 2.45) is 0 Å². The van der Waals surface area contributed by atoms with Gasteiger partial charge in [0, 0.05) is 34.1 Å². The van der Waals surface area contributed by atoms with Crippen LogP contribution in [0.15, 0.2) is 211 Å². The summed E-state index contributed by atoms with van der Waals surface area (Å²) in [5, 5.41) is 5.59. The van der Waals surface area contributed by atoms with Gasteiger partial charge in [-0.3, -0.25) is 0 Å². The van der Waals surface area contributed by atoms with Crippen LogP contribution < -0.4 is 4.90 Å². The minimum Gasteiger partial charge on any atom is -0.456 e. The molecule has 268 valence electrons. The van der Waals surface area contributed by atoms with Gasteiger partial charge in [-0.05, 0) is 98.8 Å². The van der Waals surface area contributed by atoms with Gasteiger partial charge in [0.1, 0.15) is 16.2 Å². The Kier molecular flexibility index (Phi) is 8.01. The van der Waals surface area contributed by atoms with Crippen LogP contribution in [0.5, 0.6) is 0 Å². The minimum atomic E-state index is 0.828. The Morgan fingerprint density at radius 2 is 0.965 bits per heavy atom. The predicted molar refractivity (Wildman–Crippen MR) is 241 cm³/mol. The summed E-state index contributed by atoms with van der Waals surface area (Å²) in [5.74, 6) is 0. The summed E-state index contributed by atoms with van der Waals surface area (Å²) in [6, 6.07) is 73.4. The monoisotopic (exact) mass is 746 g/mol. The van der Waals surface area contributed by atoms with E-state index >= 15 is 0 Å². The van der Waals surface area contributed by atoms with Crippen molar-refractivity contribution in [3.63, 3.8) is 0 Å². The molecule has 0 unspecified atom stereocenters. The number of thiazole rings is 1. The molecule has 0 amide bonds. The van der Waals surface area contributed by atoms with Gasteiger partial charge in [-0.15, -0.1) is 11.3 Å². The number of aromatic nitrogens is 1. The van der Waals surface area contributed by atoms with Crippen molar-refractivity contribution >= 4 is 71.3 Å². The molecule has 0 saturated heterocycles. The molecule has 0 bridgehead atoms. The van der Waals surface area contributed by atoms with Crippen molar-refractivity contribution in [3.8, 4) is 44.0 Å². The third kappa shape index (κ3) is 6.04. The van der Waals surface area contributed by atoms with Gasteiger partial charge in [0.25, 0.3) is 0 Å². The molecule has 57 heavy (non-hydrogen) atoms. The molecule has 0 aliphatic carbocycles. The standard InChI is InChI=1S/C53H34N2OS/c1-3-10-35(11-4-1)38-18-21-40(22-19-38)53-54-52-50(57-53)31-30-48-51(52)47-29-28-46(34-49(47)56-48)55(45-17-9-16-42(33-45)36-12-5-2-6-13-36)44-26-24-39(25-27-44)43-23-20-37-14-7-8-15-41(37)32-43/h1-34H. The predicted octanol–water partition coefficient (Wildman–Crippen LogP) is 15.5. The van der Waals surface area contributed by atoms with Crippen molar-refractivity contribution < 1.29 is 4.42 Å². The highest BCUT2D eigenvalue weighted by Crippen LogP contribution is 2.43.